The minimum absolute atomic E-state index is 0.159. The Bertz CT molecular complexity index is 893. The Balaban J connectivity index is 1.74. The van der Waals surface area contributed by atoms with Crippen molar-refractivity contribution in [3.8, 4) is 11.9 Å². The summed E-state index contributed by atoms with van der Waals surface area (Å²) >= 11 is 0. The number of hydrogen-bond donors (Lipinski definition) is 2. The molecule has 2 N–H and O–H groups in total. The van der Waals surface area contributed by atoms with Crippen molar-refractivity contribution in [3.05, 3.63) is 35.0 Å². The summed E-state index contributed by atoms with van der Waals surface area (Å²) in [6, 6.07) is 1.94. The molecule has 4 rings (SSSR count). The molecular weight excluding hydrogens is 320 g/mol. The SMILES string of the molecule is CC(C)(CO)NC(=O)c1nn(-c2cnc(C#N)cn2)c2c1CC1CC21. The zero-order valence-corrected chi connectivity index (χ0v) is 14.0. The van der Waals surface area contributed by atoms with Crippen LogP contribution in [0.1, 0.15) is 53.6 Å². The summed E-state index contributed by atoms with van der Waals surface area (Å²) in [6.07, 6.45) is 4.84. The molecule has 2 aromatic heterocycles. The lowest BCUT2D eigenvalue weighted by Crippen LogP contribution is -2.46. The fourth-order valence-corrected chi connectivity index (χ4v) is 3.37. The van der Waals surface area contributed by atoms with E-state index >= 15 is 0 Å². The van der Waals surface area contributed by atoms with Gasteiger partial charge in [-0.05, 0) is 32.6 Å². The maximum atomic E-state index is 12.7. The van der Waals surface area contributed by atoms with Crippen LogP contribution >= 0.6 is 0 Å². The van der Waals surface area contributed by atoms with Gasteiger partial charge < -0.3 is 10.4 Å². The van der Waals surface area contributed by atoms with Crippen molar-refractivity contribution in [2.24, 2.45) is 5.92 Å². The topological polar surface area (TPSA) is 117 Å². The van der Waals surface area contributed by atoms with Crippen LogP contribution in [-0.2, 0) is 6.42 Å². The van der Waals surface area contributed by atoms with Gasteiger partial charge in [0.05, 0.1) is 30.2 Å². The Morgan fingerprint density at radius 3 is 2.92 bits per heavy atom. The highest BCUT2D eigenvalue weighted by Gasteiger charge is 2.50. The first-order valence-electron chi connectivity index (χ1n) is 8.21. The van der Waals surface area contributed by atoms with Crippen LogP contribution in [-0.4, -0.2) is 42.9 Å². The van der Waals surface area contributed by atoms with Crippen molar-refractivity contribution in [3.63, 3.8) is 0 Å². The Morgan fingerprint density at radius 2 is 2.28 bits per heavy atom. The summed E-state index contributed by atoms with van der Waals surface area (Å²) in [5.74, 6) is 1.19. The Kier molecular flexibility index (Phi) is 3.37. The Hall–Kier alpha value is -2.79. The van der Waals surface area contributed by atoms with Crippen LogP contribution in [0, 0.1) is 17.2 Å². The van der Waals surface area contributed by atoms with Crippen LogP contribution < -0.4 is 5.32 Å². The molecule has 25 heavy (non-hydrogen) atoms. The zero-order valence-electron chi connectivity index (χ0n) is 14.0. The third-order valence-electron chi connectivity index (χ3n) is 4.80. The summed E-state index contributed by atoms with van der Waals surface area (Å²) in [5.41, 5.74) is 1.88. The lowest BCUT2D eigenvalue weighted by Gasteiger charge is -2.23. The van der Waals surface area contributed by atoms with Gasteiger partial charge in [-0.25, -0.2) is 14.6 Å². The fourth-order valence-electron chi connectivity index (χ4n) is 3.37. The highest BCUT2D eigenvalue weighted by molar-refractivity contribution is 5.95. The number of hydrogen-bond acceptors (Lipinski definition) is 6. The third-order valence-corrected chi connectivity index (χ3v) is 4.80. The number of carbonyl (C=O) groups is 1. The van der Waals surface area contributed by atoms with E-state index in [-0.39, 0.29) is 18.2 Å². The first kappa shape index (κ1) is 15.7. The predicted octanol–water partition coefficient (Wildman–Crippen LogP) is 0.694. The maximum Gasteiger partial charge on any atom is 0.272 e. The van der Waals surface area contributed by atoms with Crippen LogP contribution in [0.3, 0.4) is 0 Å². The van der Waals surface area contributed by atoms with Gasteiger partial charge in [0.1, 0.15) is 6.07 Å². The molecule has 0 radical (unpaired) electrons. The van der Waals surface area contributed by atoms with Gasteiger partial charge in [-0.3, -0.25) is 4.79 Å². The number of aromatic nitrogens is 4. The van der Waals surface area contributed by atoms with Crippen molar-refractivity contribution in [1.29, 1.82) is 5.26 Å². The van der Waals surface area contributed by atoms with Crippen LogP contribution in [0.4, 0.5) is 0 Å². The van der Waals surface area contributed by atoms with Crippen molar-refractivity contribution in [1.82, 2.24) is 25.1 Å². The third kappa shape index (κ3) is 2.57. The normalized spacial score (nSPS) is 20.6. The minimum Gasteiger partial charge on any atom is -0.394 e. The van der Waals surface area contributed by atoms with Gasteiger partial charge >= 0.3 is 0 Å². The first-order chi connectivity index (χ1) is 11.9. The van der Waals surface area contributed by atoms with E-state index in [1.807, 2.05) is 6.07 Å². The summed E-state index contributed by atoms with van der Waals surface area (Å²) in [4.78, 5) is 21.0. The van der Waals surface area contributed by atoms with E-state index in [4.69, 9.17) is 5.26 Å². The van der Waals surface area contributed by atoms with Gasteiger partial charge in [0, 0.05) is 11.5 Å². The number of carbonyl (C=O) groups excluding carboxylic acids is 1. The fraction of sp³-hybridized carbons (Fsp3) is 0.471. The average Bonchev–Trinajstić information content (AvgIpc) is 3.10. The lowest BCUT2D eigenvalue weighted by molar-refractivity contribution is 0.0863. The van der Waals surface area contributed by atoms with E-state index in [2.05, 4.69) is 20.4 Å². The molecule has 2 heterocycles. The Labute approximate surface area is 144 Å². The monoisotopic (exact) mass is 338 g/mol. The molecule has 1 fully saturated rings. The zero-order chi connectivity index (χ0) is 17.8. The van der Waals surface area contributed by atoms with Crippen molar-refractivity contribution in [2.75, 3.05) is 6.61 Å². The summed E-state index contributed by atoms with van der Waals surface area (Å²) in [5, 5.41) is 25.6. The number of nitriles is 1. The predicted molar refractivity (Wildman–Crippen MR) is 87.1 cm³/mol. The molecule has 128 valence electrons. The number of aliphatic hydroxyl groups is 1. The number of nitrogens with one attached hydrogen (secondary N) is 1. The maximum absolute atomic E-state index is 12.7. The van der Waals surface area contributed by atoms with E-state index in [0.717, 1.165) is 24.1 Å². The molecule has 0 bridgehead atoms. The number of nitrogens with zero attached hydrogens (tertiary/aromatic N) is 5. The molecule has 0 aliphatic heterocycles. The van der Waals surface area contributed by atoms with Gasteiger partial charge in [0.2, 0.25) is 0 Å². The number of fused-ring (bicyclic) bond motifs is 3. The smallest absolute Gasteiger partial charge is 0.272 e. The first-order valence-corrected chi connectivity index (χ1v) is 8.21. The second-order valence-corrected chi connectivity index (χ2v) is 7.30. The molecule has 2 unspecified atom stereocenters. The number of rotatable bonds is 4. The minimum atomic E-state index is -0.719. The van der Waals surface area contributed by atoms with E-state index in [1.165, 1.54) is 12.4 Å². The lowest BCUT2D eigenvalue weighted by atomic mass is 10.1. The molecule has 8 nitrogen and oxygen atoms in total. The highest BCUT2D eigenvalue weighted by Crippen LogP contribution is 2.57. The van der Waals surface area contributed by atoms with E-state index in [1.54, 1.807) is 18.5 Å². The summed E-state index contributed by atoms with van der Waals surface area (Å²) in [6.45, 7) is 3.35. The van der Waals surface area contributed by atoms with Crippen LogP contribution in [0.2, 0.25) is 0 Å². The molecule has 8 heteroatoms. The molecule has 0 saturated heterocycles. The quantitative estimate of drug-likeness (QED) is 0.847. The van der Waals surface area contributed by atoms with Gasteiger partial charge in [-0.15, -0.1) is 0 Å². The van der Waals surface area contributed by atoms with Crippen LogP contribution in [0.15, 0.2) is 12.4 Å². The van der Waals surface area contributed by atoms with Gasteiger partial charge in [-0.1, -0.05) is 0 Å². The molecule has 2 aliphatic carbocycles. The largest absolute Gasteiger partial charge is 0.394 e. The molecule has 2 aliphatic rings. The van der Waals surface area contributed by atoms with Crippen molar-refractivity contribution >= 4 is 5.91 Å². The molecule has 1 saturated carbocycles. The van der Waals surface area contributed by atoms with Crippen LogP contribution in [0.5, 0.6) is 0 Å². The molecule has 1 amide bonds. The molecule has 2 atom stereocenters. The molecule has 2 aromatic rings. The van der Waals surface area contributed by atoms with Gasteiger partial charge in [0.15, 0.2) is 17.2 Å². The van der Waals surface area contributed by atoms with Gasteiger partial charge in [-0.2, -0.15) is 10.4 Å². The van der Waals surface area contributed by atoms with E-state index in [0.29, 0.717) is 23.3 Å². The summed E-state index contributed by atoms with van der Waals surface area (Å²) < 4.78 is 1.68. The number of aliphatic hydroxyl groups excluding tert-OH is 1. The second kappa shape index (κ2) is 5.36. The average molecular weight is 338 g/mol. The molecule has 0 spiro atoms. The van der Waals surface area contributed by atoms with Gasteiger partial charge in [0.25, 0.3) is 5.91 Å². The van der Waals surface area contributed by atoms with Crippen LogP contribution in [0.25, 0.3) is 5.82 Å². The number of amides is 1. The second-order valence-electron chi connectivity index (χ2n) is 7.30. The van der Waals surface area contributed by atoms with Crippen molar-refractivity contribution in [2.45, 2.75) is 38.1 Å². The highest BCUT2D eigenvalue weighted by atomic mass is 16.3. The molecule has 0 aromatic carbocycles. The Morgan fingerprint density at radius 1 is 1.48 bits per heavy atom. The molecular formula is C17H18N6O2. The van der Waals surface area contributed by atoms with E-state index in [9.17, 15) is 9.90 Å². The summed E-state index contributed by atoms with van der Waals surface area (Å²) in [7, 11) is 0. The standard InChI is InChI=1S/C17H18N6O2/c1-17(2,8-24)21-16(25)14-12-4-9-3-11(9)15(12)23(22-14)13-7-19-10(5-18)6-20-13/h6-7,9,11,24H,3-4,8H2,1-2H3,(H,21,25). The van der Waals surface area contributed by atoms with E-state index < -0.39 is 5.54 Å². The van der Waals surface area contributed by atoms with Crippen molar-refractivity contribution < 1.29 is 9.90 Å².